The number of nitriles is 1. The number of nitrogens with zero attached hydrogens (tertiary/aromatic N) is 2. The average molecular weight is 1590 g/mol. The number of pyridine rings is 1. The zero-order chi connectivity index (χ0) is 60.5. The number of alkyl halides is 2. The number of hydrogen-bond acceptors (Lipinski definition) is 6. The minimum atomic E-state index is -0.834. The van der Waals surface area contributed by atoms with Gasteiger partial charge in [0.2, 0.25) is 0 Å². The van der Waals surface area contributed by atoms with Gasteiger partial charge in [-0.1, -0.05) is 141 Å². The summed E-state index contributed by atoms with van der Waals surface area (Å²) in [6.07, 6.45) is 0. The maximum atomic E-state index is 9.08. The molecule has 1 aliphatic heterocycles. The van der Waals surface area contributed by atoms with E-state index < -0.39 is 23.0 Å². The molecular weight excluding hydrogens is 1520 g/mol. The molecule has 6 nitrogen and oxygen atoms in total. The van der Waals surface area contributed by atoms with Gasteiger partial charge in [0, 0.05) is 29.7 Å². The first-order valence-corrected chi connectivity index (χ1v) is 36.6. The molecule has 448 valence electrons. The maximum Gasteiger partial charge on any atom is 2.00 e. The molecule has 10 aromatic carbocycles. The fraction of sp³-hybridized carbons (Fsp3) is 0.118. The number of para-hydroxylation sites is 2. The smallest absolute Gasteiger partial charge is 0.210 e. The number of nitrogen functional groups attached to an aromatic ring is 2. The van der Waals surface area contributed by atoms with Crippen molar-refractivity contribution in [2.24, 2.45) is 0 Å². The van der Waals surface area contributed by atoms with Gasteiger partial charge in [0.05, 0.1) is 76.4 Å². The van der Waals surface area contributed by atoms with Gasteiger partial charge in [-0.15, -0.1) is 35.3 Å². The summed E-state index contributed by atoms with van der Waals surface area (Å²) in [6, 6.07) is 90.2. The van der Waals surface area contributed by atoms with Gasteiger partial charge in [-0.2, -0.15) is 29.5 Å². The Morgan fingerprint density at radius 3 is 1.26 bits per heavy atom. The predicted octanol–water partition coefficient (Wildman–Crippen LogP) is 17.6. The van der Waals surface area contributed by atoms with Crippen molar-refractivity contribution in [2.75, 3.05) is 16.8 Å². The van der Waals surface area contributed by atoms with Gasteiger partial charge in [0.1, 0.15) is 5.82 Å². The summed E-state index contributed by atoms with van der Waals surface area (Å²) in [6.45, 7) is 8.01. The first-order chi connectivity index (χ1) is 40.6. The average Bonchev–Trinajstić information content (AvgIpc) is 1.82. The van der Waals surface area contributed by atoms with Gasteiger partial charge in [-0.05, 0) is 164 Å². The van der Waals surface area contributed by atoms with Gasteiger partial charge in [0.15, 0.2) is 0 Å². The molecule has 0 unspecified atom stereocenters. The SMILES string of the molecule is C.CC1(C)OB(c2ccccc2C#N)OC1(C)C.ClCCl.Nc1c(Br)cccc1Br.Nc1nc2c(Br)cccc2c2ccccc12.[Cl][Pd][Cl].[Fe+2].c1ccc([PH+](c2ccccc2)c2ccc[cH-]2)cc1.c1ccc([PH+](c2ccccc2)c2ccc[cH-]2)cc1. The Morgan fingerprint density at radius 2 is 0.872 bits per heavy atom. The van der Waals surface area contributed by atoms with Gasteiger partial charge < -0.3 is 20.8 Å². The molecule has 1 saturated heterocycles. The third kappa shape index (κ3) is 21.2. The van der Waals surface area contributed by atoms with E-state index in [1.165, 1.54) is 31.8 Å². The van der Waals surface area contributed by atoms with Crippen LogP contribution in [0.3, 0.4) is 0 Å². The van der Waals surface area contributed by atoms with Crippen LogP contribution in [0.4, 0.5) is 11.5 Å². The summed E-state index contributed by atoms with van der Waals surface area (Å²) < 4.78 is 14.7. The van der Waals surface area contributed by atoms with E-state index in [1.54, 1.807) is 6.07 Å². The number of nitrogens with two attached hydrogens (primary N) is 2. The van der Waals surface area contributed by atoms with Crippen LogP contribution in [0.15, 0.2) is 268 Å². The number of halogens is 7. The Balaban J connectivity index is 0.000000226. The third-order valence-electron chi connectivity index (χ3n) is 13.5. The Morgan fingerprint density at radius 1 is 0.523 bits per heavy atom. The molecule has 18 heteroatoms. The largest absolute Gasteiger partial charge is 2.00 e. The van der Waals surface area contributed by atoms with Crippen molar-refractivity contribution in [1.82, 2.24) is 4.98 Å². The zero-order valence-corrected chi connectivity index (χ0v) is 59.2. The van der Waals surface area contributed by atoms with Crippen LogP contribution in [0.2, 0.25) is 0 Å². The zero-order valence-electron chi connectivity index (χ0n) is 46.7. The minimum absolute atomic E-state index is 0. The predicted molar refractivity (Wildman–Crippen MR) is 384 cm³/mol. The Hall–Kier alpha value is -4.15. The van der Waals surface area contributed by atoms with Gasteiger partial charge >= 0.3 is 59.2 Å². The van der Waals surface area contributed by atoms with Crippen LogP contribution in [0.1, 0.15) is 40.7 Å². The monoisotopic (exact) mass is 1580 g/mol. The van der Waals surface area contributed by atoms with Crippen LogP contribution in [-0.4, -0.2) is 28.6 Å². The second-order valence-corrected chi connectivity index (χ2v) is 30.0. The van der Waals surface area contributed by atoms with Crippen LogP contribution in [0.25, 0.3) is 21.7 Å². The van der Waals surface area contributed by atoms with Crippen LogP contribution in [0.5, 0.6) is 0 Å². The van der Waals surface area contributed by atoms with Crippen LogP contribution >= 0.6 is 106 Å². The van der Waals surface area contributed by atoms with Crippen molar-refractivity contribution in [3.8, 4) is 6.07 Å². The van der Waals surface area contributed by atoms with Crippen molar-refractivity contribution < 1.29 is 42.3 Å². The molecule has 0 radical (unpaired) electrons. The van der Waals surface area contributed by atoms with E-state index in [0.717, 1.165) is 46.2 Å². The van der Waals surface area contributed by atoms with Crippen molar-refractivity contribution >= 4 is 183 Å². The summed E-state index contributed by atoms with van der Waals surface area (Å²) >= 11 is 19.5. The Labute approximate surface area is 573 Å². The second kappa shape index (κ2) is 38.4. The molecule has 1 fully saturated rings. The third-order valence-corrected chi connectivity index (χ3v) is 20.9. The number of hydrogen-bond donors (Lipinski definition) is 2. The second-order valence-electron chi connectivity index (χ2n) is 19.3. The Kier molecular flexibility index (Phi) is 33.2. The fourth-order valence-corrected chi connectivity index (χ4v) is 15.4. The molecule has 0 aliphatic carbocycles. The molecule has 0 saturated carbocycles. The maximum absolute atomic E-state index is 9.08. The van der Waals surface area contributed by atoms with Gasteiger partial charge in [0.25, 0.3) is 0 Å². The van der Waals surface area contributed by atoms with E-state index in [-0.39, 0.29) is 57.0 Å². The molecule has 1 aliphatic rings. The van der Waals surface area contributed by atoms with E-state index in [0.29, 0.717) is 11.4 Å². The van der Waals surface area contributed by atoms with Crippen molar-refractivity contribution in [3.05, 3.63) is 274 Å². The standard InChI is InChI=1S/2C17H14P.C13H16BNO2.C13H9BrN2.C6H5Br2N.CH2Cl2.CH4.2ClH.Fe.Pd/c2*1-3-9-15(10-4-1)18(17-13-7-8-14-17)16-11-5-2-6-12-16;1-12(2)13(3,4)17-14(16-12)11-8-6-5-7-10(11)9-15;14-11-7-3-6-9-8-4-1-2-5-10(8)13(15)16-12(9)11;7-4-2-1-3-5(8)6(4)9;2-1-3;;;;;/h2*1-14H;5-8H,1-4H3;1-7H,(H2,15,16);1-3H,9H2;1H2;1H4;2*1H;;/q2*-1;;;;;;;;2*+2. The van der Waals surface area contributed by atoms with Crippen molar-refractivity contribution in [1.29, 1.82) is 5.26 Å². The number of benzene rings is 8. The van der Waals surface area contributed by atoms with E-state index in [4.69, 9.17) is 68.3 Å². The van der Waals surface area contributed by atoms with E-state index in [1.807, 2.05) is 94.4 Å². The number of fused-ring (bicyclic) bond motifs is 3. The summed E-state index contributed by atoms with van der Waals surface area (Å²) in [4.78, 5) is 4.43. The molecule has 0 amide bonds. The van der Waals surface area contributed by atoms with Gasteiger partial charge in [-0.3, -0.25) is 0 Å². The minimum Gasteiger partial charge on any atom is -0.210 e. The molecule has 1 aromatic heterocycles. The van der Waals surface area contributed by atoms with Crippen molar-refractivity contribution in [2.45, 2.75) is 46.3 Å². The molecule has 2 heterocycles. The molecular formula is C68H66BBr3Cl4FeN4O2P2Pd+2. The summed E-state index contributed by atoms with van der Waals surface area (Å²) in [5.74, 6) is 0.579. The quantitative estimate of drug-likeness (QED) is 0.0411. The van der Waals surface area contributed by atoms with E-state index in [2.05, 4.69) is 241 Å². The molecule has 86 heavy (non-hydrogen) atoms. The molecule has 0 atom stereocenters. The fourth-order valence-electron chi connectivity index (χ4n) is 8.75. The summed E-state index contributed by atoms with van der Waals surface area (Å²) in [7, 11) is 7.50. The number of rotatable bonds is 7. The van der Waals surface area contributed by atoms with Crippen LogP contribution in [0, 0.1) is 11.3 Å². The van der Waals surface area contributed by atoms with E-state index in [9.17, 15) is 0 Å². The summed E-state index contributed by atoms with van der Waals surface area (Å²) in [5.41, 5.74) is 13.9. The molecule has 12 rings (SSSR count). The van der Waals surface area contributed by atoms with Crippen LogP contribution in [-0.2, 0) is 42.3 Å². The van der Waals surface area contributed by atoms with Gasteiger partial charge in [-0.25, -0.2) is 17.1 Å². The normalized spacial score (nSPS) is 12.2. The molecule has 11 aromatic rings. The first kappa shape index (κ1) is 74.3. The topological polar surface area (TPSA) is 107 Å². The first-order valence-electron chi connectivity index (χ1n) is 26.2. The van der Waals surface area contributed by atoms with Crippen LogP contribution < -0.4 is 48.8 Å². The number of anilines is 2. The molecule has 4 N–H and O–H groups in total. The number of aromatic nitrogens is 1. The van der Waals surface area contributed by atoms with Crippen molar-refractivity contribution in [3.63, 3.8) is 0 Å². The molecule has 0 spiro atoms. The van der Waals surface area contributed by atoms with E-state index >= 15 is 0 Å². The summed E-state index contributed by atoms with van der Waals surface area (Å²) in [5, 5.41) is 21.2. The Bertz CT molecular complexity index is 3520. The molecule has 0 bridgehead atoms.